The standard InChI is InChI=1S/C15H21NO4/c1-15(2,14(18)19)16(3)13(17)9-8-11-6-5-7-12(10-11)20-4/h5-7,10H,8-9H2,1-4H3,(H,18,19). The van der Waals surface area contributed by atoms with Crippen LogP contribution in [-0.2, 0) is 16.0 Å². The number of carbonyl (C=O) groups is 2. The van der Waals surface area contributed by atoms with E-state index < -0.39 is 11.5 Å². The zero-order valence-electron chi connectivity index (χ0n) is 12.3. The molecule has 5 nitrogen and oxygen atoms in total. The molecule has 1 aromatic rings. The molecule has 1 rings (SSSR count). The van der Waals surface area contributed by atoms with Gasteiger partial charge in [-0.25, -0.2) is 4.79 Å². The van der Waals surface area contributed by atoms with E-state index in [2.05, 4.69) is 0 Å². The monoisotopic (exact) mass is 279 g/mol. The Balaban J connectivity index is 2.65. The van der Waals surface area contributed by atoms with Gasteiger partial charge in [0.1, 0.15) is 11.3 Å². The number of carbonyl (C=O) groups excluding carboxylic acids is 1. The average Bonchev–Trinajstić information content (AvgIpc) is 2.43. The van der Waals surface area contributed by atoms with Crippen LogP contribution < -0.4 is 4.74 Å². The number of methoxy groups -OCH3 is 1. The number of aryl methyl sites for hydroxylation is 1. The van der Waals surface area contributed by atoms with E-state index in [0.29, 0.717) is 6.42 Å². The van der Waals surface area contributed by atoms with Gasteiger partial charge in [0.25, 0.3) is 0 Å². The van der Waals surface area contributed by atoms with Crippen LogP contribution in [0.2, 0.25) is 0 Å². The molecule has 0 spiro atoms. The summed E-state index contributed by atoms with van der Waals surface area (Å²) in [5.74, 6) is -0.468. The highest BCUT2D eigenvalue weighted by atomic mass is 16.5. The Bertz CT molecular complexity index is 496. The quantitative estimate of drug-likeness (QED) is 0.864. The fourth-order valence-electron chi connectivity index (χ4n) is 1.70. The van der Waals surface area contributed by atoms with E-state index >= 15 is 0 Å². The number of carboxylic acid groups (broad SMARTS) is 1. The normalized spacial score (nSPS) is 11.0. The Morgan fingerprint density at radius 1 is 1.35 bits per heavy atom. The SMILES string of the molecule is COc1cccc(CCC(=O)N(C)C(C)(C)C(=O)O)c1. The van der Waals surface area contributed by atoms with Crippen molar-refractivity contribution in [2.45, 2.75) is 32.2 Å². The van der Waals surface area contributed by atoms with Gasteiger partial charge < -0.3 is 14.7 Å². The van der Waals surface area contributed by atoms with Crippen molar-refractivity contribution >= 4 is 11.9 Å². The molecule has 0 bridgehead atoms. The van der Waals surface area contributed by atoms with Crippen LogP contribution in [0.1, 0.15) is 25.8 Å². The van der Waals surface area contributed by atoms with Crippen molar-refractivity contribution in [3.63, 3.8) is 0 Å². The zero-order chi connectivity index (χ0) is 15.3. The van der Waals surface area contributed by atoms with Crippen molar-refractivity contribution in [1.82, 2.24) is 4.90 Å². The highest BCUT2D eigenvalue weighted by Crippen LogP contribution is 2.17. The van der Waals surface area contributed by atoms with E-state index in [4.69, 9.17) is 9.84 Å². The lowest BCUT2D eigenvalue weighted by molar-refractivity contribution is -0.155. The first-order valence-electron chi connectivity index (χ1n) is 6.42. The van der Waals surface area contributed by atoms with E-state index in [1.54, 1.807) is 7.11 Å². The molecule has 1 amide bonds. The van der Waals surface area contributed by atoms with Gasteiger partial charge in [-0.05, 0) is 38.0 Å². The van der Waals surface area contributed by atoms with Gasteiger partial charge in [-0.3, -0.25) is 4.79 Å². The summed E-state index contributed by atoms with van der Waals surface area (Å²) >= 11 is 0. The van der Waals surface area contributed by atoms with Crippen molar-refractivity contribution in [2.24, 2.45) is 0 Å². The molecular formula is C15H21NO4. The Morgan fingerprint density at radius 2 is 2.00 bits per heavy atom. The molecule has 0 saturated carbocycles. The minimum absolute atomic E-state index is 0.194. The van der Waals surface area contributed by atoms with Gasteiger partial charge >= 0.3 is 5.97 Å². The lowest BCUT2D eigenvalue weighted by atomic mass is 10.0. The van der Waals surface area contributed by atoms with Crippen molar-refractivity contribution in [2.75, 3.05) is 14.2 Å². The Morgan fingerprint density at radius 3 is 2.55 bits per heavy atom. The number of hydrogen-bond acceptors (Lipinski definition) is 3. The lowest BCUT2D eigenvalue weighted by Gasteiger charge is -2.31. The maximum Gasteiger partial charge on any atom is 0.329 e. The third-order valence-corrected chi connectivity index (χ3v) is 3.50. The van der Waals surface area contributed by atoms with Crippen molar-refractivity contribution in [3.05, 3.63) is 29.8 Å². The van der Waals surface area contributed by atoms with Crippen LogP contribution in [0.3, 0.4) is 0 Å². The number of rotatable bonds is 6. The van der Waals surface area contributed by atoms with Crippen molar-refractivity contribution in [3.8, 4) is 5.75 Å². The topological polar surface area (TPSA) is 66.8 Å². The summed E-state index contributed by atoms with van der Waals surface area (Å²) in [6.07, 6.45) is 0.816. The lowest BCUT2D eigenvalue weighted by Crippen LogP contribution is -2.50. The first-order chi connectivity index (χ1) is 9.28. The Hall–Kier alpha value is -2.04. The van der Waals surface area contributed by atoms with Crippen molar-refractivity contribution < 1.29 is 19.4 Å². The Labute approximate surface area is 119 Å². The second kappa shape index (κ2) is 6.41. The van der Waals surface area contributed by atoms with Gasteiger partial charge in [0, 0.05) is 13.5 Å². The first-order valence-corrected chi connectivity index (χ1v) is 6.42. The molecule has 0 aliphatic carbocycles. The summed E-state index contributed by atoms with van der Waals surface area (Å²) in [5.41, 5.74) is -0.218. The predicted octanol–water partition coefficient (Wildman–Crippen LogP) is 1.95. The maximum atomic E-state index is 12.1. The number of hydrogen-bond donors (Lipinski definition) is 1. The summed E-state index contributed by atoms with van der Waals surface area (Å²) in [6.45, 7) is 3.03. The molecule has 0 atom stereocenters. The highest BCUT2D eigenvalue weighted by molar-refractivity contribution is 5.86. The summed E-state index contributed by atoms with van der Waals surface area (Å²) in [5, 5.41) is 9.10. The van der Waals surface area contributed by atoms with Crippen molar-refractivity contribution in [1.29, 1.82) is 0 Å². The molecule has 0 fully saturated rings. The number of likely N-dealkylation sites (N-methyl/N-ethyl adjacent to an activating group) is 1. The van der Waals surface area contributed by atoms with Crippen LogP contribution in [0.15, 0.2) is 24.3 Å². The maximum absolute atomic E-state index is 12.1. The van der Waals surface area contributed by atoms with E-state index in [1.807, 2.05) is 24.3 Å². The summed E-state index contributed by atoms with van der Waals surface area (Å²) in [4.78, 5) is 24.4. The predicted molar refractivity (Wildman–Crippen MR) is 75.8 cm³/mol. The van der Waals surface area contributed by atoms with Gasteiger partial charge in [0.15, 0.2) is 0 Å². The average molecular weight is 279 g/mol. The molecule has 0 radical (unpaired) electrons. The molecule has 0 aliphatic heterocycles. The molecule has 1 N–H and O–H groups in total. The number of benzene rings is 1. The van der Waals surface area contributed by atoms with Gasteiger partial charge in [-0.1, -0.05) is 12.1 Å². The largest absolute Gasteiger partial charge is 0.497 e. The van der Waals surface area contributed by atoms with Crippen LogP contribution in [0.4, 0.5) is 0 Å². The Kier molecular flexibility index (Phi) is 5.13. The van der Waals surface area contributed by atoms with E-state index in [1.165, 1.54) is 25.8 Å². The molecule has 0 saturated heterocycles. The molecule has 5 heteroatoms. The zero-order valence-corrected chi connectivity index (χ0v) is 12.3. The number of carboxylic acids is 1. The minimum Gasteiger partial charge on any atom is -0.497 e. The fourth-order valence-corrected chi connectivity index (χ4v) is 1.70. The number of ether oxygens (including phenoxy) is 1. The van der Waals surface area contributed by atoms with Crippen LogP contribution in [0, 0.1) is 0 Å². The van der Waals surface area contributed by atoms with Crippen LogP contribution >= 0.6 is 0 Å². The number of aliphatic carboxylic acids is 1. The summed E-state index contributed by atoms with van der Waals surface area (Å²) in [7, 11) is 3.11. The number of nitrogens with zero attached hydrogens (tertiary/aromatic N) is 1. The van der Waals surface area contributed by atoms with Gasteiger partial charge in [0.05, 0.1) is 7.11 Å². The molecule has 0 unspecified atom stereocenters. The molecule has 20 heavy (non-hydrogen) atoms. The third kappa shape index (κ3) is 3.73. The highest BCUT2D eigenvalue weighted by Gasteiger charge is 2.34. The summed E-state index contributed by atoms with van der Waals surface area (Å²) in [6, 6.07) is 7.49. The summed E-state index contributed by atoms with van der Waals surface area (Å²) < 4.78 is 5.12. The van der Waals surface area contributed by atoms with Gasteiger partial charge in [0.2, 0.25) is 5.91 Å². The number of amides is 1. The molecule has 1 aromatic carbocycles. The second-order valence-electron chi connectivity index (χ2n) is 5.17. The van der Waals surface area contributed by atoms with E-state index in [0.717, 1.165) is 11.3 Å². The van der Waals surface area contributed by atoms with Gasteiger partial charge in [-0.15, -0.1) is 0 Å². The molecule has 0 aliphatic rings. The smallest absolute Gasteiger partial charge is 0.329 e. The van der Waals surface area contributed by atoms with Crippen LogP contribution in [0.25, 0.3) is 0 Å². The second-order valence-corrected chi connectivity index (χ2v) is 5.17. The minimum atomic E-state index is -1.20. The molecule has 0 heterocycles. The van der Waals surface area contributed by atoms with Crippen LogP contribution in [-0.4, -0.2) is 41.6 Å². The fraction of sp³-hybridized carbons (Fsp3) is 0.467. The first kappa shape index (κ1) is 16.0. The van der Waals surface area contributed by atoms with E-state index in [-0.39, 0.29) is 12.3 Å². The molecule has 110 valence electrons. The van der Waals surface area contributed by atoms with Crippen LogP contribution in [0.5, 0.6) is 5.75 Å². The molecular weight excluding hydrogens is 258 g/mol. The van der Waals surface area contributed by atoms with E-state index in [9.17, 15) is 9.59 Å². The third-order valence-electron chi connectivity index (χ3n) is 3.50. The van der Waals surface area contributed by atoms with Gasteiger partial charge in [-0.2, -0.15) is 0 Å². The molecule has 0 aromatic heterocycles.